The maximum atomic E-state index is 12.1. The average Bonchev–Trinajstić information content (AvgIpc) is 3.31. The number of nitrogens with one attached hydrogen (secondary N) is 1. The number of hydrogen-bond acceptors (Lipinski definition) is 11. The predicted molar refractivity (Wildman–Crippen MR) is 256 cm³/mol. The first-order valence-corrected chi connectivity index (χ1v) is 22.1. The predicted octanol–water partition coefficient (Wildman–Crippen LogP) is 12.6. The molecule has 344 valence electrons. The van der Waals surface area contributed by atoms with Crippen LogP contribution < -0.4 is 15.8 Å². The Labute approximate surface area is 384 Å². The molecule has 6 aromatic rings. The van der Waals surface area contributed by atoms with Crippen LogP contribution in [0.5, 0.6) is 11.5 Å². The maximum Gasteiger partial charge on any atom is 0.514 e. The fourth-order valence-corrected chi connectivity index (χ4v) is 7.17. The van der Waals surface area contributed by atoms with Crippen LogP contribution in [0.15, 0.2) is 158 Å². The van der Waals surface area contributed by atoms with Crippen LogP contribution in [0.4, 0.5) is 21.0 Å². The number of nitrogens with zero attached hydrogens (tertiary/aromatic N) is 2. The molecule has 4 N–H and O–H groups in total. The number of allylic oxidation sites excluding steroid dienone is 2. The maximum absolute atomic E-state index is 12.1. The molecular weight excluding hydrogens is 841 g/mol. The van der Waals surface area contributed by atoms with Gasteiger partial charge in [-0.05, 0) is 120 Å². The van der Waals surface area contributed by atoms with Crippen molar-refractivity contribution in [2.75, 3.05) is 0 Å². The highest BCUT2D eigenvalue weighted by molar-refractivity contribution is 5.86. The van der Waals surface area contributed by atoms with Gasteiger partial charge >= 0.3 is 12.2 Å². The van der Waals surface area contributed by atoms with Gasteiger partial charge in [-0.3, -0.25) is 20.2 Å². The van der Waals surface area contributed by atoms with Crippen molar-refractivity contribution in [3.05, 3.63) is 189 Å². The second kappa shape index (κ2) is 26.9. The minimum absolute atomic E-state index is 0.0159. The molecule has 14 nitrogen and oxygen atoms in total. The van der Waals surface area contributed by atoms with Gasteiger partial charge in [0, 0.05) is 37.4 Å². The molecule has 14 heteroatoms. The smallest absolute Gasteiger partial charge is 0.508 e. The van der Waals surface area contributed by atoms with Crippen LogP contribution in [-0.4, -0.2) is 39.4 Å². The molecule has 2 unspecified atom stereocenters. The number of non-ortho nitro benzene ring substituents is 2. The number of nitro groups is 2. The van der Waals surface area contributed by atoms with E-state index in [4.69, 9.17) is 25.1 Å². The third-order valence-electron chi connectivity index (χ3n) is 10.6. The molecular formula is C52H56N4O10. The number of phenols is 1. The quantitative estimate of drug-likeness (QED) is 0.0430. The number of amides is 1. The van der Waals surface area contributed by atoms with Crippen molar-refractivity contribution in [2.45, 2.75) is 89.5 Å². The lowest BCUT2D eigenvalue weighted by molar-refractivity contribution is -0.385. The summed E-state index contributed by atoms with van der Waals surface area (Å²) in [6.45, 7) is 1.10. The monoisotopic (exact) mass is 896 g/mol. The Balaban J connectivity index is 0.000000174. The second-order valence-electron chi connectivity index (χ2n) is 15.4. The topological polar surface area (TPSA) is 206 Å². The molecule has 0 spiro atoms. The normalized spacial score (nSPS) is 16.4. The van der Waals surface area contributed by atoms with Gasteiger partial charge in [0.15, 0.2) is 0 Å². The number of ether oxygens (including phenoxy) is 3. The molecule has 8 rings (SSSR count). The average molecular weight is 897 g/mol. The summed E-state index contributed by atoms with van der Waals surface area (Å²) in [4.78, 5) is 43.3. The number of benzene rings is 6. The Morgan fingerprint density at radius 3 is 1.64 bits per heavy atom. The SMILES string of the molecule is NCc1cccc2ccccc12.O=C(NCc1cccc2ccccc12)OC1/C=C/CCCCC1.O=C(Oc1ccc([N+](=O)[O-])cc1)OC1/C=C/CCCCC1.O=[N+]([O-])c1ccc(O)cc1. The van der Waals surface area contributed by atoms with Crippen molar-refractivity contribution >= 4 is 45.2 Å². The largest absolute Gasteiger partial charge is 0.514 e. The van der Waals surface area contributed by atoms with E-state index < -0.39 is 16.0 Å². The minimum atomic E-state index is -0.793. The highest BCUT2D eigenvalue weighted by Crippen LogP contribution is 2.22. The van der Waals surface area contributed by atoms with Crippen molar-refractivity contribution in [3.8, 4) is 11.5 Å². The molecule has 2 atom stereocenters. The van der Waals surface area contributed by atoms with E-state index in [0.29, 0.717) is 13.1 Å². The van der Waals surface area contributed by atoms with E-state index >= 15 is 0 Å². The summed E-state index contributed by atoms with van der Waals surface area (Å²) in [6.07, 6.45) is 17.2. The lowest BCUT2D eigenvalue weighted by Crippen LogP contribution is -2.28. The first-order chi connectivity index (χ1) is 32.1. The number of rotatable bonds is 8. The van der Waals surface area contributed by atoms with Gasteiger partial charge in [-0.25, -0.2) is 9.59 Å². The van der Waals surface area contributed by atoms with E-state index in [1.165, 1.54) is 88.5 Å². The summed E-state index contributed by atoms with van der Waals surface area (Å²) in [5.74, 6) is 0.256. The number of carbonyl (C=O) groups excluding carboxylic acids is 2. The van der Waals surface area contributed by atoms with E-state index in [1.807, 2.05) is 60.7 Å². The number of hydrogen-bond donors (Lipinski definition) is 3. The van der Waals surface area contributed by atoms with Gasteiger partial charge in [0.05, 0.1) is 9.85 Å². The van der Waals surface area contributed by atoms with Crippen molar-refractivity contribution < 1.29 is 38.8 Å². The molecule has 0 saturated carbocycles. The van der Waals surface area contributed by atoms with E-state index in [9.17, 15) is 29.8 Å². The van der Waals surface area contributed by atoms with Crippen molar-refractivity contribution in [2.24, 2.45) is 5.73 Å². The van der Waals surface area contributed by atoms with E-state index in [1.54, 1.807) is 0 Å². The van der Waals surface area contributed by atoms with Crippen LogP contribution in [0, 0.1) is 20.2 Å². The number of aromatic hydroxyl groups is 1. The Bertz CT molecular complexity index is 2530. The van der Waals surface area contributed by atoms with Gasteiger partial charge in [-0.2, -0.15) is 0 Å². The molecule has 0 fully saturated rings. The van der Waals surface area contributed by atoms with Crippen molar-refractivity contribution in [1.29, 1.82) is 0 Å². The number of nitro benzene ring substituents is 2. The molecule has 0 bridgehead atoms. The number of alkyl carbamates (subject to hydrolysis) is 1. The summed E-state index contributed by atoms with van der Waals surface area (Å²) in [7, 11) is 0. The zero-order chi connectivity index (χ0) is 46.9. The molecule has 6 aromatic carbocycles. The number of nitrogens with two attached hydrogens (primary N) is 1. The van der Waals surface area contributed by atoms with E-state index in [2.05, 4.69) is 53.9 Å². The Morgan fingerprint density at radius 1 is 0.606 bits per heavy atom. The van der Waals surface area contributed by atoms with Crippen molar-refractivity contribution in [3.63, 3.8) is 0 Å². The molecule has 0 aliphatic heterocycles. The second-order valence-corrected chi connectivity index (χ2v) is 15.4. The third kappa shape index (κ3) is 16.8. The van der Waals surface area contributed by atoms with Gasteiger partial charge in [0.2, 0.25) is 0 Å². The number of phenolic OH excluding ortho intramolecular Hbond substituents is 1. The summed E-state index contributed by atoms with van der Waals surface area (Å²) in [5.41, 5.74) is 7.86. The zero-order valence-corrected chi connectivity index (χ0v) is 36.7. The number of fused-ring (bicyclic) bond motifs is 2. The van der Waals surface area contributed by atoms with Crippen LogP contribution in [-0.2, 0) is 22.6 Å². The molecule has 0 radical (unpaired) electrons. The van der Waals surface area contributed by atoms with Crippen LogP contribution >= 0.6 is 0 Å². The zero-order valence-electron chi connectivity index (χ0n) is 36.7. The molecule has 0 heterocycles. The molecule has 0 saturated heterocycles. The summed E-state index contributed by atoms with van der Waals surface area (Å²) in [6, 6.07) is 39.2. The lowest BCUT2D eigenvalue weighted by atomic mass is 10.0. The fourth-order valence-electron chi connectivity index (χ4n) is 7.17. The van der Waals surface area contributed by atoms with Crippen LogP contribution in [0.1, 0.15) is 75.3 Å². The van der Waals surface area contributed by atoms with Gasteiger partial charge in [-0.15, -0.1) is 0 Å². The third-order valence-corrected chi connectivity index (χ3v) is 10.6. The summed E-state index contributed by atoms with van der Waals surface area (Å²) < 4.78 is 15.8. The Hall–Kier alpha value is -7.58. The van der Waals surface area contributed by atoms with Crippen molar-refractivity contribution in [1.82, 2.24) is 5.32 Å². The Kier molecular flexibility index (Phi) is 20.2. The van der Waals surface area contributed by atoms with E-state index in [-0.39, 0.29) is 41.2 Å². The first kappa shape index (κ1) is 49.4. The fraction of sp³-hybridized carbons (Fsp3) is 0.269. The standard InChI is InChI=1S/C20H23NO2.C15H17NO5.C11H11N.C6H5NO3/c22-20(23-18-12-4-2-1-3-5-13-18)21-15-17-11-8-10-16-9-6-7-14-19(16)17;17-15(20-13-6-4-2-1-3-5-7-13)21-14-10-8-12(9-11-14)16(18)19;12-8-10-6-3-5-9-4-1-2-7-11(9)10;8-6-3-1-5(2-4-6)7(9)10/h4,6-12,14,18H,1-3,5,13,15H2,(H,21,22);4,6,8-11,13H,1-3,5,7H2;1-7H,8,12H2;1-4,8H/b12-4+;6-4+;;. The summed E-state index contributed by atoms with van der Waals surface area (Å²) >= 11 is 0. The van der Waals surface area contributed by atoms with Crippen LogP contribution in [0.3, 0.4) is 0 Å². The molecule has 1 amide bonds. The van der Waals surface area contributed by atoms with Crippen LogP contribution in [0.2, 0.25) is 0 Å². The van der Waals surface area contributed by atoms with Gasteiger partial charge < -0.3 is 30.4 Å². The van der Waals surface area contributed by atoms with Gasteiger partial charge in [-0.1, -0.05) is 110 Å². The van der Waals surface area contributed by atoms with Gasteiger partial charge in [0.25, 0.3) is 11.4 Å². The highest BCUT2D eigenvalue weighted by atomic mass is 16.7. The van der Waals surface area contributed by atoms with E-state index in [0.717, 1.165) is 56.9 Å². The molecule has 0 aromatic heterocycles. The Morgan fingerprint density at radius 2 is 1.09 bits per heavy atom. The minimum Gasteiger partial charge on any atom is -0.508 e. The molecule has 2 aliphatic carbocycles. The lowest BCUT2D eigenvalue weighted by Gasteiger charge is -2.17. The molecule has 2 aliphatic rings. The number of carbonyl (C=O) groups is 2. The first-order valence-electron chi connectivity index (χ1n) is 22.1. The van der Waals surface area contributed by atoms with Gasteiger partial charge in [0.1, 0.15) is 23.7 Å². The highest BCUT2D eigenvalue weighted by Gasteiger charge is 2.16. The van der Waals surface area contributed by atoms with Crippen LogP contribution in [0.25, 0.3) is 21.5 Å². The molecule has 66 heavy (non-hydrogen) atoms. The summed E-state index contributed by atoms with van der Waals surface area (Å²) in [5, 5.41) is 37.0.